The molecule has 1 atom stereocenters. The average Bonchev–Trinajstić information content (AvgIpc) is 3.23. The lowest BCUT2D eigenvalue weighted by atomic mass is 9.97. The van der Waals surface area contributed by atoms with Crippen LogP contribution in [0.3, 0.4) is 0 Å². The Kier molecular flexibility index (Phi) is 6.30. The fourth-order valence-corrected chi connectivity index (χ4v) is 5.37. The molecule has 2 aliphatic heterocycles. The molecular formula is C21H24F4N4OS. The lowest BCUT2D eigenvalue weighted by Crippen LogP contribution is -2.40. The second-order valence-corrected chi connectivity index (χ2v) is 9.25. The Morgan fingerprint density at radius 1 is 1.16 bits per heavy atom. The van der Waals surface area contributed by atoms with Gasteiger partial charge in [-0.2, -0.15) is 29.3 Å². The number of nitrogens with zero attached hydrogens (tertiary/aromatic N) is 3. The zero-order valence-electron chi connectivity index (χ0n) is 16.8. The molecule has 0 aliphatic carbocycles. The molecule has 2 N–H and O–H groups in total. The van der Waals surface area contributed by atoms with E-state index in [2.05, 4.69) is 15.3 Å². The van der Waals surface area contributed by atoms with Crippen LogP contribution < -0.4 is 10.2 Å². The Bertz CT molecular complexity index is 903. The summed E-state index contributed by atoms with van der Waals surface area (Å²) in [5.74, 6) is 1.24. The fourth-order valence-electron chi connectivity index (χ4n) is 4.12. The number of aromatic nitrogens is 2. The van der Waals surface area contributed by atoms with Gasteiger partial charge in [0.25, 0.3) is 0 Å². The first-order valence-electron chi connectivity index (χ1n) is 10.3. The highest BCUT2D eigenvalue weighted by atomic mass is 32.2. The Morgan fingerprint density at radius 2 is 1.87 bits per heavy atom. The van der Waals surface area contributed by atoms with Gasteiger partial charge in [-0.1, -0.05) is 12.1 Å². The van der Waals surface area contributed by atoms with Crippen molar-refractivity contribution in [2.24, 2.45) is 0 Å². The van der Waals surface area contributed by atoms with Gasteiger partial charge in [0.05, 0.1) is 17.2 Å². The number of nitrogens with one attached hydrogen (secondary N) is 1. The van der Waals surface area contributed by atoms with Crippen LogP contribution in [0.15, 0.2) is 30.6 Å². The summed E-state index contributed by atoms with van der Waals surface area (Å²) in [6.07, 6.45) is -0.402. The molecule has 10 heteroatoms. The first-order valence-corrected chi connectivity index (χ1v) is 11.4. The standard InChI is InChI=1S/C21H24F4N4OS/c22-17-18(26-12-20(30)7-10-31-11-8-20)27-13-28-19(17)29-9-1-2-16(29)14-3-5-15(6-4-14)21(23,24)25/h3-6,13,16,30H,1-2,7-12H2,(H,26,27,28). The van der Waals surface area contributed by atoms with E-state index in [1.807, 2.05) is 0 Å². The molecule has 4 rings (SSSR count). The van der Waals surface area contributed by atoms with Crippen LogP contribution in [-0.4, -0.2) is 45.3 Å². The van der Waals surface area contributed by atoms with Gasteiger partial charge >= 0.3 is 6.18 Å². The molecule has 31 heavy (non-hydrogen) atoms. The van der Waals surface area contributed by atoms with Crippen LogP contribution in [0.1, 0.15) is 42.9 Å². The normalized spacial score (nSPS) is 21.3. The van der Waals surface area contributed by atoms with E-state index in [0.29, 0.717) is 31.4 Å². The smallest absolute Gasteiger partial charge is 0.388 e. The van der Waals surface area contributed by atoms with Gasteiger partial charge in [-0.15, -0.1) is 0 Å². The zero-order valence-corrected chi connectivity index (χ0v) is 17.6. The highest BCUT2D eigenvalue weighted by molar-refractivity contribution is 7.99. The van der Waals surface area contributed by atoms with Crippen molar-refractivity contribution in [3.8, 4) is 0 Å². The van der Waals surface area contributed by atoms with E-state index < -0.39 is 23.2 Å². The number of hydrogen-bond donors (Lipinski definition) is 2. The lowest BCUT2D eigenvalue weighted by Gasteiger charge is -2.32. The minimum atomic E-state index is -4.39. The van der Waals surface area contributed by atoms with Gasteiger partial charge in [0.2, 0.25) is 5.82 Å². The van der Waals surface area contributed by atoms with Gasteiger partial charge < -0.3 is 15.3 Å². The second kappa shape index (κ2) is 8.82. The van der Waals surface area contributed by atoms with Crippen LogP contribution >= 0.6 is 11.8 Å². The number of anilines is 2. The van der Waals surface area contributed by atoms with Crippen LogP contribution in [-0.2, 0) is 6.18 Å². The highest BCUT2D eigenvalue weighted by Crippen LogP contribution is 2.38. The number of rotatable bonds is 5. The van der Waals surface area contributed by atoms with Gasteiger partial charge in [0, 0.05) is 13.1 Å². The number of alkyl halides is 3. The van der Waals surface area contributed by atoms with E-state index in [4.69, 9.17) is 0 Å². The molecule has 1 aromatic carbocycles. The molecule has 2 fully saturated rings. The Hall–Kier alpha value is -2.07. The Balaban J connectivity index is 1.52. The van der Waals surface area contributed by atoms with Crippen molar-refractivity contribution in [3.63, 3.8) is 0 Å². The molecule has 2 saturated heterocycles. The van der Waals surface area contributed by atoms with Crippen LogP contribution in [0.25, 0.3) is 0 Å². The maximum atomic E-state index is 15.2. The summed E-state index contributed by atoms with van der Waals surface area (Å²) < 4.78 is 53.9. The van der Waals surface area contributed by atoms with Crippen molar-refractivity contribution in [1.29, 1.82) is 0 Å². The molecule has 1 unspecified atom stereocenters. The average molecular weight is 457 g/mol. The highest BCUT2D eigenvalue weighted by Gasteiger charge is 2.34. The van der Waals surface area contributed by atoms with Crippen LogP contribution in [0.5, 0.6) is 0 Å². The first kappa shape index (κ1) is 22.1. The van der Waals surface area contributed by atoms with Crippen LogP contribution in [0, 0.1) is 5.82 Å². The van der Waals surface area contributed by atoms with E-state index >= 15 is 4.39 Å². The van der Waals surface area contributed by atoms with Gasteiger partial charge in [-0.3, -0.25) is 0 Å². The molecular weight excluding hydrogens is 432 g/mol. The van der Waals surface area contributed by atoms with Crippen LogP contribution in [0.2, 0.25) is 0 Å². The van der Waals surface area contributed by atoms with Crippen molar-refractivity contribution in [1.82, 2.24) is 9.97 Å². The predicted molar refractivity (Wildman–Crippen MR) is 113 cm³/mol. The van der Waals surface area contributed by atoms with Gasteiger partial charge in [0.15, 0.2) is 11.6 Å². The third-order valence-corrected chi connectivity index (χ3v) is 6.91. The van der Waals surface area contributed by atoms with E-state index in [1.54, 1.807) is 16.7 Å². The summed E-state index contributed by atoms with van der Waals surface area (Å²) in [7, 11) is 0. The van der Waals surface area contributed by atoms with Gasteiger partial charge in [-0.05, 0) is 54.9 Å². The number of halogens is 4. The Morgan fingerprint density at radius 3 is 2.55 bits per heavy atom. The van der Waals surface area contributed by atoms with Crippen molar-refractivity contribution >= 4 is 23.4 Å². The number of hydrogen-bond acceptors (Lipinski definition) is 6. The summed E-state index contributed by atoms with van der Waals surface area (Å²) in [5, 5.41) is 13.6. The van der Waals surface area contributed by atoms with E-state index in [0.717, 1.165) is 30.1 Å². The molecule has 2 aliphatic rings. The number of benzene rings is 1. The van der Waals surface area contributed by atoms with E-state index in [1.165, 1.54) is 18.5 Å². The van der Waals surface area contributed by atoms with Crippen LogP contribution in [0.4, 0.5) is 29.2 Å². The largest absolute Gasteiger partial charge is 0.416 e. The molecule has 168 valence electrons. The minimum absolute atomic E-state index is 0.0229. The molecule has 0 amide bonds. The van der Waals surface area contributed by atoms with Crippen molar-refractivity contribution in [2.75, 3.05) is 34.8 Å². The summed E-state index contributed by atoms with van der Waals surface area (Å²) in [5.41, 5.74) is -0.911. The van der Waals surface area contributed by atoms with Gasteiger partial charge in [0.1, 0.15) is 6.33 Å². The molecule has 0 saturated carbocycles. The summed E-state index contributed by atoms with van der Waals surface area (Å²) in [6.45, 7) is 0.740. The van der Waals surface area contributed by atoms with Gasteiger partial charge in [-0.25, -0.2) is 9.97 Å². The monoisotopic (exact) mass is 456 g/mol. The molecule has 5 nitrogen and oxygen atoms in total. The Labute approximate surface area is 182 Å². The molecule has 3 heterocycles. The summed E-state index contributed by atoms with van der Waals surface area (Å²) in [6, 6.07) is 4.73. The zero-order chi connectivity index (χ0) is 22.1. The third kappa shape index (κ3) is 4.90. The maximum absolute atomic E-state index is 15.2. The lowest BCUT2D eigenvalue weighted by molar-refractivity contribution is -0.137. The van der Waals surface area contributed by atoms with Crippen molar-refractivity contribution in [2.45, 2.75) is 43.5 Å². The second-order valence-electron chi connectivity index (χ2n) is 8.02. The first-order chi connectivity index (χ1) is 14.8. The maximum Gasteiger partial charge on any atom is 0.416 e. The number of thioether (sulfide) groups is 1. The predicted octanol–water partition coefficient (Wildman–Crippen LogP) is 4.65. The number of aliphatic hydroxyl groups is 1. The SMILES string of the molecule is OC1(CNc2ncnc(N3CCCC3c3ccc(C(F)(F)F)cc3)c2F)CCSCC1. The molecule has 2 aromatic rings. The third-order valence-electron chi connectivity index (χ3n) is 5.93. The van der Waals surface area contributed by atoms with E-state index in [-0.39, 0.29) is 24.2 Å². The van der Waals surface area contributed by atoms with E-state index in [9.17, 15) is 18.3 Å². The topological polar surface area (TPSA) is 61.3 Å². The minimum Gasteiger partial charge on any atom is -0.388 e. The summed E-state index contributed by atoms with van der Waals surface area (Å²) in [4.78, 5) is 9.89. The fraction of sp³-hybridized carbons (Fsp3) is 0.524. The molecule has 0 radical (unpaired) electrons. The van der Waals surface area contributed by atoms with Crippen molar-refractivity contribution in [3.05, 3.63) is 47.5 Å². The quantitative estimate of drug-likeness (QED) is 0.639. The molecule has 1 aromatic heterocycles. The molecule has 0 bridgehead atoms. The summed E-state index contributed by atoms with van der Waals surface area (Å²) >= 11 is 1.78. The van der Waals surface area contributed by atoms with Crippen molar-refractivity contribution < 1.29 is 22.7 Å². The molecule has 0 spiro atoms.